The Balaban J connectivity index is 2.37. The maximum Gasteiger partial charge on any atom is 0.573 e. The van der Waals surface area contributed by atoms with Gasteiger partial charge in [-0.2, -0.15) is 0 Å². The van der Waals surface area contributed by atoms with E-state index in [0.29, 0.717) is 10.6 Å². The highest BCUT2D eigenvalue weighted by Gasteiger charge is 2.33. The van der Waals surface area contributed by atoms with Crippen LogP contribution in [0.1, 0.15) is 22.2 Å². The summed E-state index contributed by atoms with van der Waals surface area (Å²) in [5.74, 6) is -0.310. The third-order valence-electron chi connectivity index (χ3n) is 2.45. The Bertz CT molecular complexity index is 570. The molecule has 1 atom stereocenters. The molecule has 2 rings (SSSR count). The lowest BCUT2D eigenvalue weighted by atomic mass is 10.0. The Kier molecular flexibility index (Phi) is 3.72. The molecule has 0 bridgehead atoms. The lowest BCUT2D eigenvalue weighted by Crippen LogP contribution is -2.20. The van der Waals surface area contributed by atoms with E-state index in [1.165, 1.54) is 18.2 Å². The molecule has 0 spiro atoms. The molecule has 1 heterocycles. The van der Waals surface area contributed by atoms with Crippen molar-refractivity contribution in [3.63, 3.8) is 0 Å². The van der Waals surface area contributed by atoms with E-state index in [-0.39, 0.29) is 11.3 Å². The first-order valence-electron chi connectivity index (χ1n) is 5.27. The summed E-state index contributed by atoms with van der Waals surface area (Å²) >= 11 is 1.06. The molecule has 0 aliphatic carbocycles. The van der Waals surface area contributed by atoms with Crippen LogP contribution in [0.4, 0.5) is 13.2 Å². The summed E-state index contributed by atoms with van der Waals surface area (Å²) in [5, 5.41) is 3.79. The SMILES string of the molecule is Cc1nnsc1C(N)c1ccccc1OC(F)(F)F. The van der Waals surface area contributed by atoms with Crippen LogP contribution in [0.2, 0.25) is 0 Å². The smallest absolute Gasteiger partial charge is 0.405 e. The Morgan fingerprint density at radius 1 is 1.32 bits per heavy atom. The first kappa shape index (κ1) is 13.8. The zero-order valence-corrected chi connectivity index (χ0v) is 10.6. The minimum absolute atomic E-state index is 0.244. The first-order chi connectivity index (χ1) is 8.88. The quantitative estimate of drug-likeness (QED) is 0.943. The Hall–Kier alpha value is -1.67. The van der Waals surface area contributed by atoms with Gasteiger partial charge in [-0.3, -0.25) is 0 Å². The van der Waals surface area contributed by atoms with Gasteiger partial charge in [0.05, 0.1) is 16.6 Å². The van der Waals surface area contributed by atoms with Gasteiger partial charge in [-0.15, -0.1) is 18.3 Å². The van der Waals surface area contributed by atoms with Gasteiger partial charge in [-0.05, 0) is 24.5 Å². The van der Waals surface area contributed by atoms with Gasteiger partial charge in [-0.1, -0.05) is 22.7 Å². The monoisotopic (exact) mass is 289 g/mol. The zero-order valence-electron chi connectivity index (χ0n) is 9.81. The van der Waals surface area contributed by atoms with Crippen molar-refractivity contribution in [3.8, 4) is 5.75 Å². The number of alkyl halides is 3. The number of aromatic nitrogens is 2. The molecule has 0 aliphatic rings. The summed E-state index contributed by atoms with van der Waals surface area (Å²) in [6, 6.07) is 5.02. The third-order valence-corrected chi connectivity index (χ3v) is 3.36. The van der Waals surface area contributed by atoms with E-state index in [0.717, 1.165) is 11.5 Å². The molecule has 102 valence electrons. The van der Waals surface area contributed by atoms with Crippen LogP contribution in [-0.2, 0) is 0 Å². The average Bonchev–Trinajstić information content (AvgIpc) is 2.73. The topological polar surface area (TPSA) is 61.0 Å². The molecule has 0 radical (unpaired) electrons. The third kappa shape index (κ3) is 3.21. The van der Waals surface area contributed by atoms with E-state index in [9.17, 15) is 13.2 Å². The van der Waals surface area contributed by atoms with Crippen LogP contribution in [0.15, 0.2) is 24.3 Å². The Morgan fingerprint density at radius 3 is 2.58 bits per heavy atom. The molecule has 0 saturated carbocycles. The maximum absolute atomic E-state index is 12.3. The van der Waals surface area contributed by atoms with Crippen molar-refractivity contribution in [2.75, 3.05) is 0 Å². The van der Waals surface area contributed by atoms with Crippen molar-refractivity contribution in [2.24, 2.45) is 5.73 Å². The standard InChI is InChI=1S/C11H10F3N3OS/c1-6-10(19-17-16-6)9(15)7-4-2-3-5-8(7)18-11(12,13)14/h2-5,9H,15H2,1H3. The summed E-state index contributed by atoms with van der Waals surface area (Å²) in [5.41, 5.74) is 6.81. The number of hydrogen-bond acceptors (Lipinski definition) is 5. The number of halogens is 3. The van der Waals surface area contributed by atoms with E-state index >= 15 is 0 Å². The summed E-state index contributed by atoms with van der Waals surface area (Å²) in [6.45, 7) is 1.70. The number of nitrogens with zero attached hydrogens (tertiary/aromatic N) is 2. The van der Waals surface area contributed by atoms with Gasteiger partial charge in [0, 0.05) is 5.56 Å². The fourth-order valence-corrected chi connectivity index (χ4v) is 2.28. The van der Waals surface area contributed by atoms with E-state index < -0.39 is 12.4 Å². The molecule has 0 aliphatic heterocycles. The summed E-state index contributed by atoms with van der Waals surface area (Å²) in [7, 11) is 0. The summed E-state index contributed by atoms with van der Waals surface area (Å²) < 4.78 is 44.7. The zero-order chi connectivity index (χ0) is 14.0. The lowest BCUT2D eigenvalue weighted by Gasteiger charge is -2.16. The van der Waals surface area contributed by atoms with Crippen molar-refractivity contribution in [2.45, 2.75) is 19.3 Å². The van der Waals surface area contributed by atoms with Crippen molar-refractivity contribution in [1.82, 2.24) is 9.59 Å². The van der Waals surface area contributed by atoms with E-state index in [2.05, 4.69) is 14.3 Å². The van der Waals surface area contributed by atoms with Crippen LogP contribution in [0.25, 0.3) is 0 Å². The molecule has 19 heavy (non-hydrogen) atoms. The molecular formula is C11H10F3N3OS. The van der Waals surface area contributed by atoms with Crippen LogP contribution < -0.4 is 10.5 Å². The molecule has 0 amide bonds. The van der Waals surface area contributed by atoms with Gasteiger partial charge < -0.3 is 10.5 Å². The number of ether oxygens (including phenoxy) is 1. The van der Waals surface area contributed by atoms with Gasteiger partial charge in [0.15, 0.2) is 0 Å². The van der Waals surface area contributed by atoms with E-state index in [1.807, 2.05) is 0 Å². The normalized spacial score (nSPS) is 13.3. The second-order valence-electron chi connectivity index (χ2n) is 3.79. The van der Waals surface area contributed by atoms with Crippen LogP contribution in [0.5, 0.6) is 5.75 Å². The van der Waals surface area contributed by atoms with Crippen LogP contribution >= 0.6 is 11.5 Å². The van der Waals surface area contributed by atoms with Crippen molar-refractivity contribution >= 4 is 11.5 Å². The predicted octanol–water partition coefficient (Wildman–Crippen LogP) is 2.79. The molecule has 2 N–H and O–H groups in total. The van der Waals surface area contributed by atoms with Crippen LogP contribution in [-0.4, -0.2) is 15.9 Å². The number of para-hydroxylation sites is 1. The molecule has 2 aromatic rings. The number of benzene rings is 1. The number of rotatable bonds is 3. The molecule has 0 saturated heterocycles. The summed E-state index contributed by atoms with van der Waals surface area (Å²) in [6.07, 6.45) is -4.75. The lowest BCUT2D eigenvalue weighted by molar-refractivity contribution is -0.274. The van der Waals surface area contributed by atoms with Crippen molar-refractivity contribution in [3.05, 3.63) is 40.4 Å². The maximum atomic E-state index is 12.3. The molecule has 1 aromatic heterocycles. The van der Waals surface area contributed by atoms with Crippen LogP contribution in [0, 0.1) is 6.92 Å². The fourth-order valence-electron chi connectivity index (χ4n) is 1.62. The van der Waals surface area contributed by atoms with Gasteiger partial charge in [0.25, 0.3) is 0 Å². The van der Waals surface area contributed by atoms with Crippen molar-refractivity contribution in [1.29, 1.82) is 0 Å². The fraction of sp³-hybridized carbons (Fsp3) is 0.273. The molecule has 1 aromatic carbocycles. The highest BCUT2D eigenvalue weighted by atomic mass is 32.1. The second kappa shape index (κ2) is 5.14. The highest BCUT2D eigenvalue weighted by molar-refractivity contribution is 7.05. The van der Waals surface area contributed by atoms with E-state index in [4.69, 9.17) is 5.73 Å². The number of aryl methyl sites for hydroxylation is 1. The minimum atomic E-state index is -4.75. The first-order valence-corrected chi connectivity index (χ1v) is 6.05. The van der Waals surface area contributed by atoms with Gasteiger partial charge in [0.1, 0.15) is 5.75 Å². The number of hydrogen-bond donors (Lipinski definition) is 1. The Morgan fingerprint density at radius 2 is 2.00 bits per heavy atom. The van der Waals surface area contributed by atoms with Gasteiger partial charge >= 0.3 is 6.36 Å². The predicted molar refractivity (Wildman–Crippen MR) is 63.8 cm³/mol. The average molecular weight is 289 g/mol. The molecule has 1 unspecified atom stereocenters. The van der Waals surface area contributed by atoms with Gasteiger partial charge in [-0.25, -0.2) is 0 Å². The van der Waals surface area contributed by atoms with Crippen molar-refractivity contribution < 1.29 is 17.9 Å². The van der Waals surface area contributed by atoms with Crippen LogP contribution in [0.3, 0.4) is 0 Å². The molecule has 4 nitrogen and oxygen atoms in total. The highest BCUT2D eigenvalue weighted by Crippen LogP contribution is 2.33. The largest absolute Gasteiger partial charge is 0.573 e. The minimum Gasteiger partial charge on any atom is -0.405 e. The Labute approximate surface area is 111 Å². The molecular weight excluding hydrogens is 279 g/mol. The molecule has 0 fully saturated rings. The second-order valence-corrected chi connectivity index (χ2v) is 4.57. The molecule has 8 heteroatoms. The number of nitrogens with two attached hydrogens (primary N) is 1. The van der Waals surface area contributed by atoms with E-state index in [1.54, 1.807) is 13.0 Å². The van der Waals surface area contributed by atoms with Gasteiger partial charge in [0.2, 0.25) is 0 Å². The summed E-state index contributed by atoms with van der Waals surface area (Å²) in [4.78, 5) is 0.609.